The number of ketones is 2. The molecule has 98 valence electrons. The summed E-state index contributed by atoms with van der Waals surface area (Å²) in [5.74, 6) is -0.440. The molecule has 0 bridgehead atoms. The number of allylic oxidation sites excluding steroid dienone is 1. The first-order valence-corrected chi connectivity index (χ1v) is 6.62. The third kappa shape index (κ3) is 1.98. The van der Waals surface area contributed by atoms with Crippen LogP contribution in [0.2, 0.25) is 5.02 Å². The lowest BCUT2D eigenvalue weighted by Gasteiger charge is -2.00. The first kappa shape index (κ1) is 12.8. The summed E-state index contributed by atoms with van der Waals surface area (Å²) in [7, 11) is 0. The van der Waals surface area contributed by atoms with Crippen LogP contribution in [0.4, 0.5) is 0 Å². The molecule has 1 aliphatic rings. The minimum absolute atomic E-state index is 0.200. The average molecular weight is 283 g/mol. The van der Waals surface area contributed by atoms with E-state index in [1.165, 1.54) is 0 Å². The number of carbonyl (C=O) groups excluding carboxylic acids is 2. The summed E-state index contributed by atoms with van der Waals surface area (Å²) < 4.78 is 0. The van der Waals surface area contributed by atoms with Gasteiger partial charge in [0.25, 0.3) is 0 Å². The van der Waals surface area contributed by atoms with Crippen LogP contribution in [0.5, 0.6) is 0 Å². The number of hydrogen-bond donors (Lipinski definition) is 0. The molecule has 2 aromatic carbocycles. The van der Waals surface area contributed by atoms with E-state index in [1.807, 2.05) is 19.1 Å². The van der Waals surface area contributed by atoms with Gasteiger partial charge >= 0.3 is 0 Å². The molecule has 2 aromatic rings. The topological polar surface area (TPSA) is 34.1 Å². The van der Waals surface area contributed by atoms with E-state index in [0.717, 1.165) is 11.1 Å². The fraction of sp³-hybridized carbons (Fsp3) is 0.0588. The zero-order valence-corrected chi connectivity index (χ0v) is 11.6. The fourth-order valence-electron chi connectivity index (χ4n) is 2.27. The number of carbonyl (C=O) groups is 2. The quantitative estimate of drug-likeness (QED) is 0.583. The van der Waals surface area contributed by atoms with E-state index in [9.17, 15) is 9.59 Å². The van der Waals surface area contributed by atoms with E-state index in [0.29, 0.717) is 16.1 Å². The molecule has 0 fully saturated rings. The first-order valence-electron chi connectivity index (χ1n) is 6.24. The largest absolute Gasteiger partial charge is 0.288 e. The molecule has 0 amide bonds. The molecule has 0 atom stereocenters. The summed E-state index contributed by atoms with van der Waals surface area (Å²) in [6.45, 7) is 1.90. The third-order valence-electron chi connectivity index (χ3n) is 3.41. The van der Waals surface area contributed by atoms with Crippen LogP contribution in [0.15, 0.2) is 48.0 Å². The van der Waals surface area contributed by atoms with Gasteiger partial charge in [-0.1, -0.05) is 48.0 Å². The predicted molar refractivity (Wildman–Crippen MR) is 79.3 cm³/mol. The van der Waals surface area contributed by atoms with Crippen molar-refractivity contribution in [3.05, 3.63) is 75.3 Å². The molecule has 0 unspecified atom stereocenters. The number of fused-ring (bicyclic) bond motifs is 1. The Morgan fingerprint density at radius 3 is 2.10 bits per heavy atom. The summed E-state index contributed by atoms with van der Waals surface area (Å²) in [6.07, 6.45) is 1.61. The van der Waals surface area contributed by atoms with Crippen LogP contribution in [-0.4, -0.2) is 11.6 Å². The Morgan fingerprint density at radius 1 is 0.950 bits per heavy atom. The van der Waals surface area contributed by atoms with Crippen LogP contribution in [-0.2, 0) is 0 Å². The molecular weight excluding hydrogens is 272 g/mol. The van der Waals surface area contributed by atoms with Gasteiger partial charge in [0.1, 0.15) is 0 Å². The number of aryl methyl sites for hydroxylation is 1. The molecular formula is C17H11ClO2. The van der Waals surface area contributed by atoms with Gasteiger partial charge in [0, 0.05) is 16.1 Å². The summed E-state index contributed by atoms with van der Waals surface area (Å²) >= 11 is 6.06. The zero-order chi connectivity index (χ0) is 14.3. The van der Waals surface area contributed by atoms with Crippen molar-refractivity contribution in [2.75, 3.05) is 0 Å². The second-order valence-electron chi connectivity index (χ2n) is 4.77. The minimum atomic E-state index is -0.220. The lowest BCUT2D eigenvalue weighted by molar-refractivity contribution is 0.0990. The minimum Gasteiger partial charge on any atom is -0.288 e. The predicted octanol–water partition coefficient (Wildman–Crippen LogP) is 4.11. The SMILES string of the molecule is Cc1ccc(C=C2C(=O)c3ccccc3C2=O)cc1Cl. The number of Topliss-reactive ketones (excluding diaryl/α,β-unsaturated/α-hetero) is 2. The highest BCUT2D eigenvalue weighted by atomic mass is 35.5. The molecule has 2 nitrogen and oxygen atoms in total. The number of benzene rings is 2. The second-order valence-corrected chi connectivity index (χ2v) is 5.18. The first-order chi connectivity index (χ1) is 9.58. The Hall–Kier alpha value is -2.19. The molecule has 3 heteroatoms. The Morgan fingerprint density at radius 2 is 1.55 bits per heavy atom. The maximum absolute atomic E-state index is 12.2. The lowest BCUT2D eigenvalue weighted by atomic mass is 10.1. The molecule has 0 spiro atoms. The molecule has 1 aliphatic carbocycles. The van der Waals surface area contributed by atoms with Crippen molar-refractivity contribution in [2.24, 2.45) is 0 Å². The maximum atomic E-state index is 12.2. The summed E-state index contributed by atoms with van der Waals surface area (Å²) in [6, 6.07) is 12.3. The highest BCUT2D eigenvalue weighted by Gasteiger charge is 2.32. The zero-order valence-electron chi connectivity index (χ0n) is 10.8. The Kier molecular flexibility index (Phi) is 3.03. The van der Waals surface area contributed by atoms with E-state index >= 15 is 0 Å². The van der Waals surface area contributed by atoms with Crippen LogP contribution in [0, 0.1) is 6.92 Å². The summed E-state index contributed by atoms with van der Waals surface area (Å²) in [5.41, 5.74) is 2.86. The molecule has 0 heterocycles. The van der Waals surface area contributed by atoms with Crippen LogP contribution in [0.25, 0.3) is 6.08 Å². The second kappa shape index (κ2) is 4.73. The number of halogens is 1. The monoisotopic (exact) mass is 282 g/mol. The van der Waals surface area contributed by atoms with Gasteiger partial charge in [-0.15, -0.1) is 0 Å². The van der Waals surface area contributed by atoms with Crippen LogP contribution >= 0.6 is 11.6 Å². The van der Waals surface area contributed by atoms with Gasteiger partial charge in [0.15, 0.2) is 11.6 Å². The molecule has 0 saturated carbocycles. The maximum Gasteiger partial charge on any atom is 0.197 e. The van der Waals surface area contributed by atoms with Gasteiger partial charge in [-0.05, 0) is 30.2 Å². The van der Waals surface area contributed by atoms with E-state index in [4.69, 9.17) is 11.6 Å². The molecule has 0 saturated heterocycles. The molecule has 0 aliphatic heterocycles. The van der Waals surface area contributed by atoms with Gasteiger partial charge in [0.05, 0.1) is 5.57 Å². The van der Waals surface area contributed by atoms with Crippen molar-refractivity contribution in [3.63, 3.8) is 0 Å². The van der Waals surface area contributed by atoms with E-state index < -0.39 is 0 Å². The molecule has 3 rings (SSSR count). The van der Waals surface area contributed by atoms with Gasteiger partial charge in [-0.2, -0.15) is 0 Å². The fourth-order valence-corrected chi connectivity index (χ4v) is 2.46. The third-order valence-corrected chi connectivity index (χ3v) is 3.82. The van der Waals surface area contributed by atoms with Crippen LogP contribution in [0.3, 0.4) is 0 Å². The van der Waals surface area contributed by atoms with E-state index in [2.05, 4.69) is 0 Å². The van der Waals surface area contributed by atoms with E-state index in [-0.39, 0.29) is 17.1 Å². The molecule has 0 N–H and O–H groups in total. The number of hydrogen-bond acceptors (Lipinski definition) is 2. The summed E-state index contributed by atoms with van der Waals surface area (Å²) in [4.78, 5) is 24.5. The van der Waals surface area contributed by atoms with Crippen molar-refractivity contribution in [3.8, 4) is 0 Å². The highest BCUT2D eigenvalue weighted by molar-refractivity contribution is 6.41. The average Bonchev–Trinajstić information content (AvgIpc) is 2.69. The van der Waals surface area contributed by atoms with Crippen molar-refractivity contribution in [2.45, 2.75) is 6.92 Å². The summed E-state index contributed by atoms with van der Waals surface area (Å²) in [5, 5.41) is 0.620. The molecule has 20 heavy (non-hydrogen) atoms. The lowest BCUT2D eigenvalue weighted by Crippen LogP contribution is -2.00. The van der Waals surface area contributed by atoms with Crippen molar-refractivity contribution in [1.29, 1.82) is 0 Å². The highest BCUT2D eigenvalue weighted by Crippen LogP contribution is 2.28. The van der Waals surface area contributed by atoms with Crippen molar-refractivity contribution < 1.29 is 9.59 Å². The Balaban J connectivity index is 2.08. The van der Waals surface area contributed by atoms with Gasteiger partial charge < -0.3 is 0 Å². The van der Waals surface area contributed by atoms with E-state index in [1.54, 1.807) is 36.4 Å². The smallest absolute Gasteiger partial charge is 0.197 e. The molecule has 0 aromatic heterocycles. The Labute approximate surface area is 121 Å². The van der Waals surface area contributed by atoms with Gasteiger partial charge in [-0.25, -0.2) is 0 Å². The Bertz CT molecular complexity index is 735. The van der Waals surface area contributed by atoms with Gasteiger partial charge in [0.2, 0.25) is 0 Å². The standard InChI is InChI=1S/C17H11ClO2/c1-10-6-7-11(9-15(10)18)8-14-16(19)12-4-2-3-5-13(12)17(14)20/h2-9H,1H3. The van der Waals surface area contributed by atoms with Crippen LogP contribution < -0.4 is 0 Å². The van der Waals surface area contributed by atoms with Crippen LogP contribution in [0.1, 0.15) is 31.8 Å². The normalized spacial score (nSPS) is 13.6. The molecule has 0 radical (unpaired) electrons. The van der Waals surface area contributed by atoms with Gasteiger partial charge in [-0.3, -0.25) is 9.59 Å². The number of rotatable bonds is 1. The van der Waals surface area contributed by atoms with Crippen molar-refractivity contribution >= 4 is 29.2 Å². The van der Waals surface area contributed by atoms with Crippen molar-refractivity contribution in [1.82, 2.24) is 0 Å².